The Kier molecular flexibility index (Phi) is 8.46. The van der Waals surface area contributed by atoms with Crippen molar-refractivity contribution in [2.45, 2.75) is 32.7 Å². The van der Waals surface area contributed by atoms with Crippen molar-refractivity contribution in [2.24, 2.45) is 0 Å². The summed E-state index contributed by atoms with van der Waals surface area (Å²) in [6.07, 6.45) is 1.43. The van der Waals surface area contributed by atoms with Crippen LogP contribution in [0.25, 0.3) is 5.69 Å². The molecule has 1 saturated heterocycles. The van der Waals surface area contributed by atoms with Crippen molar-refractivity contribution in [3.63, 3.8) is 0 Å². The fourth-order valence-corrected chi connectivity index (χ4v) is 4.33. The van der Waals surface area contributed by atoms with Crippen LogP contribution in [0.3, 0.4) is 0 Å². The molecule has 0 atom stereocenters. The molecular formula is C30H36N8O3. The van der Waals surface area contributed by atoms with Crippen LogP contribution < -0.4 is 20.7 Å². The number of urea groups is 1. The lowest BCUT2D eigenvalue weighted by molar-refractivity contribution is 0.0342. The van der Waals surface area contributed by atoms with E-state index in [1.54, 1.807) is 42.1 Å². The van der Waals surface area contributed by atoms with Crippen LogP contribution in [-0.2, 0) is 16.7 Å². The van der Waals surface area contributed by atoms with E-state index in [4.69, 9.17) is 14.6 Å². The summed E-state index contributed by atoms with van der Waals surface area (Å²) in [5.74, 6) is 2.24. The molecule has 214 valence electrons. The molecule has 41 heavy (non-hydrogen) atoms. The van der Waals surface area contributed by atoms with Gasteiger partial charge in [-0.25, -0.2) is 19.4 Å². The summed E-state index contributed by atoms with van der Waals surface area (Å²) in [5, 5.41) is 13.6. The molecule has 2 aromatic carbocycles. The van der Waals surface area contributed by atoms with Crippen molar-refractivity contribution in [1.29, 1.82) is 0 Å². The van der Waals surface area contributed by atoms with E-state index in [1.165, 1.54) is 11.9 Å². The minimum absolute atomic E-state index is 0.193. The van der Waals surface area contributed by atoms with Gasteiger partial charge in [-0.2, -0.15) is 5.10 Å². The molecule has 0 spiro atoms. The molecule has 3 N–H and O–H groups in total. The summed E-state index contributed by atoms with van der Waals surface area (Å²) in [6, 6.07) is 18.6. The third-order valence-electron chi connectivity index (χ3n) is 6.64. The SMILES string of the molecule is CNc1cc(Oc2ccc(NC(=O)Nc3cc(C(C)(C)C)nn3-c3ccc(CN4CCOCC4)cc3)cc2)ncn1. The summed E-state index contributed by atoms with van der Waals surface area (Å²) in [4.78, 5) is 23.6. The number of ether oxygens (including phenoxy) is 2. The number of carbonyl (C=O) groups excluding carboxylic acids is 1. The molecule has 1 fully saturated rings. The molecule has 0 unspecified atom stereocenters. The molecule has 3 heterocycles. The van der Waals surface area contributed by atoms with Gasteiger partial charge in [0.15, 0.2) is 0 Å². The number of morpholine rings is 1. The highest BCUT2D eigenvalue weighted by atomic mass is 16.5. The zero-order valence-electron chi connectivity index (χ0n) is 23.8. The highest BCUT2D eigenvalue weighted by Gasteiger charge is 2.22. The normalized spacial score (nSPS) is 14.0. The van der Waals surface area contributed by atoms with E-state index in [-0.39, 0.29) is 11.4 Å². The number of anilines is 3. The van der Waals surface area contributed by atoms with Gasteiger partial charge < -0.3 is 20.1 Å². The van der Waals surface area contributed by atoms with Gasteiger partial charge in [0.05, 0.1) is 24.6 Å². The Morgan fingerprint density at radius 3 is 2.39 bits per heavy atom. The van der Waals surface area contributed by atoms with Gasteiger partial charge in [0.25, 0.3) is 0 Å². The average molecular weight is 557 g/mol. The van der Waals surface area contributed by atoms with Crippen molar-refractivity contribution in [2.75, 3.05) is 49.3 Å². The molecule has 5 rings (SSSR count). The summed E-state index contributed by atoms with van der Waals surface area (Å²) in [6.45, 7) is 10.6. The average Bonchev–Trinajstić information content (AvgIpc) is 3.39. The predicted octanol–water partition coefficient (Wildman–Crippen LogP) is 5.27. The molecule has 2 amide bonds. The van der Waals surface area contributed by atoms with Crippen molar-refractivity contribution in [3.05, 3.63) is 78.2 Å². The third kappa shape index (κ3) is 7.38. The highest BCUT2D eigenvalue weighted by molar-refractivity contribution is 5.99. The Labute approximate surface area is 239 Å². The fourth-order valence-electron chi connectivity index (χ4n) is 4.33. The monoisotopic (exact) mass is 556 g/mol. The van der Waals surface area contributed by atoms with Crippen molar-refractivity contribution < 1.29 is 14.3 Å². The van der Waals surface area contributed by atoms with E-state index in [0.29, 0.717) is 29.0 Å². The number of hydrogen-bond donors (Lipinski definition) is 3. The largest absolute Gasteiger partial charge is 0.439 e. The predicted molar refractivity (Wildman–Crippen MR) is 159 cm³/mol. The van der Waals surface area contributed by atoms with Crippen molar-refractivity contribution in [3.8, 4) is 17.3 Å². The first kappa shape index (κ1) is 28.1. The lowest BCUT2D eigenvalue weighted by Gasteiger charge is -2.26. The minimum atomic E-state index is -0.376. The second kappa shape index (κ2) is 12.4. The maximum atomic E-state index is 13.0. The minimum Gasteiger partial charge on any atom is -0.439 e. The maximum Gasteiger partial charge on any atom is 0.324 e. The quantitative estimate of drug-likeness (QED) is 0.269. The van der Waals surface area contributed by atoms with Crippen molar-refractivity contribution >= 4 is 23.4 Å². The number of hydrogen-bond acceptors (Lipinski definition) is 8. The van der Waals surface area contributed by atoms with Gasteiger partial charge in [-0.1, -0.05) is 32.9 Å². The van der Waals surface area contributed by atoms with Crippen molar-refractivity contribution in [1.82, 2.24) is 24.6 Å². The standard InChI is InChI=1S/C30H36N8O3/c1-30(2,3)25-17-27(38(36-25)23-9-5-21(6-10-23)19-37-13-15-40-16-14-37)35-29(39)34-22-7-11-24(12-8-22)41-28-18-26(31-4)32-20-33-28/h5-12,17-18,20H,13-16,19H2,1-4H3,(H,31,32,33)(H2,34,35,39). The summed E-state index contributed by atoms with van der Waals surface area (Å²) >= 11 is 0. The van der Waals surface area contributed by atoms with E-state index < -0.39 is 0 Å². The number of carbonyl (C=O) groups is 1. The van der Waals surface area contributed by atoms with Gasteiger partial charge in [-0.15, -0.1) is 0 Å². The number of rotatable bonds is 8. The van der Waals surface area contributed by atoms with E-state index >= 15 is 0 Å². The second-order valence-electron chi connectivity index (χ2n) is 10.8. The zero-order valence-corrected chi connectivity index (χ0v) is 23.8. The van der Waals surface area contributed by atoms with Crippen LogP contribution >= 0.6 is 0 Å². The summed E-state index contributed by atoms with van der Waals surface area (Å²) in [5.41, 5.74) is 3.39. The molecule has 0 saturated carbocycles. The molecular weight excluding hydrogens is 520 g/mol. The molecule has 2 aromatic heterocycles. The van der Waals surface area contributed by atoms with Gasteiger partial charge >= 0.3 is 6.03 Å². The van der Waals surface area contributed by atoms with Crippen LogP contribution in [0.15, 0.2) is 67.0 Å². The maximum absolute atomic E-state index is 13.0. The van der Waals surface area contributed by atoms with Gasteiger partial charge in [-0.3, -0.25) is 10.2 Å². The Morgan fingerprint density at radius 2 is 1.71 bits per heavy atom. The first-order chi connectivity index (χ1) is 19.8. The first-order valence-electron chi connectivity index (χ1n) is 13.6. The highest BCUT2D eigenvalue weighted by Crippen LogP contribution is 2.27. The third-order valence-corrected chi connectivity index (χ3v) is 6.64. The summed E-state index contributed by atoms with van der Waals surface area (Å²) in [7, 11) is 1.78. The Hall–Kier alpha value is -4.48. The van der Waals surface area contributed by atoms with Crippen LogP contribution in [0.1, 0.15) is 32.0 Å². The second-order valence-corrected chi connectivity index (χ2v) is 10.8. The van der Waals surface area contributed by atoms with Crippen LogP contribution in [0, 0.1) is 0 Å². The first-order valence-corrected chi connectivity index (χ1v) is 13.6. The number of nitrogens with one attached hydrogen (secondary N) is 3. The van der Waals surface area contributed by atoms with Gasteiger partial charge in [0.1, 0.15) is 23.7 Å². The molecule has 11 nitrogen and oxygen atoms in total. The van der Waals surface area contributed by atoms with E-state index in [9.17, 15) is 4.79 Å². The molecule has 0 aliphatic carbocycles. The molecule has 11 heteroatoms. The van der Waals surface area contributed by atoms with Crippen LogP contribution in [-0.4, -0.2) is 64.0 Å². The Bertz CT molecular complexity index is 1460. The van der Waals surface area contributed by atoms with Crippen LogP contribution in [0.5, 0.6) is 11.6 Å². The van der Waals surface area contributed by atoms with Gasteiger partial charge in [0, 0.05) is 49.9 Å². The number of nitrogens with zero attached hydrogens (tertiary/aromatic N) is 5. The molecule has 4 aromatic rings. The Balaban J connectivity index is 1.26. The molecule has 1 aliphatic heterocycles. The number of aromatic nitrogens is 4. The smallest absolute Gasteiger partial charge is 0.324 e. The molecule has 1 aliphatic rings. The summed E-state index contributed by atoms with van der Waals surface area (Å²) < 4.78 is 13.0. The topological polar surface area (TPSA) is 118 Å². The van der Waals surface area contributed by atoms with E-state index in [0.717, 1.165) is 44.2 Å². The molecule has 0 radical (unpaired) electrons. The van der Waals surface area contributed by atoms with Gasteiger partial charge in [-0.05, 0) is 42.0 Å². The zero-order chi connectivity index (χ0) is 28.8. The fraction of sp³-hybridized carbons (Fsp3) is 0.333. The lowest BCUT2D eigenvalue weighted by Crippen LogP contribution is -2.35. The Morgan fingerprint density at radius 1 is 0.976 bits per heavy atom. The molecule has 0 bridgehead atoms. The van der Waals surface area contributed by atoms with Crippen LogP contribution in [0.4, 0.5) is 22.1 Å². The number of benzene rings is 2. The lowest BCUT2D eigenvalue weighted by atomic mass is 9.92. The van der Waals surface area contributed by atoms with Gasteiger partial charge in [0.2, 0.25) is 5.88 Å². The van der Waals surface area contributed by atoms with E-state index in [1.807, 2.05) is 18.2 Å². The van der Waals surface area contributed by atoms with E-state index in [2.05, 4.69) is 63.7 Å². The van der Waals surface area contributed by atoms with Crippen LogP contribution in [0.2, 0.25) is 0 Å². The number of amides is 2.